The standard InChI is InChI=1S/C21H23FN6O3S/c1-14-5-3-4-12-27(14)32(30,31)18-9-6-16(7-10-18)21(29)23-20-13-17(8-11-19(20)22)28-15(2)24-25-26-28/h6-11,13-14H,3-5,12H2,1-2H3,(H,23,29). The van der Waals surface area contributed by atoms with Crippen LogP contribution in [-0.4, -0.2) is 51.4 Å². The topological polar surface area (TPSA) is 110 Å². The van der Waals surface area contributed by atoms with Gasteiger partial charge in [-0.15, -0.1) is 5.10 Å². The van der Waals surface area contributed by atoms with Crippen molar-refractivity contribution in [3.05, 3.63) is 59.7 Å². The fourth-order valence-corrected chi connectivity index (χ4v) is 5.45. The second-order valence-electron chi connectivity index (χ2n) is 7.74. The number of piperidine rings is 1. The summed E-state index contributed by atoms with van der Waals surface area (Å²) in [5.74, 6) is -0.676. The van der Waals surface area contributed by atoms with Crippen LogP contribution < -0.4 is 5.32 Å². The number of carbonyl (C=O) groups is 1. The van der Waals surface area contributed by atoms with Gasteiger partial charge in [-0.25, -0.2) is 12.8 Å². The molecule has 2 aromatic carbocycles. The lowest BCUT2D eigenvalue weighted by atomic mass is 10.1. The van der Waals surface area contributed by atoms with Crippen LogP contribution in [0.25, 0.3) is 5.69 Å². The van der Waals surface area contributed by atoms with Crippen LogP contribution in [-0.2, 0) is 10.0 Å². The first kappa shape index (κ1) is 22.0. The minimum atomic E-state index is -3.63. The molecule has 1 saturated heterocycles. The molecule has 1 unspecified atom stereocenters. The molecular weight excluding hydrogens is 435 g/mol. The maximum Gasteiger partial charge on any atom is 0.255 e. The van der Waals surface area contributed by atoms with Crippen molar-refractivity contribution >= 4 is 21.6 Å². The number of nitrogens with one attached hydrogen (secondary N) is 1. The van der Waals surface area contributed by atoms with Crippen molar-refractivity contribution in [2.24, 2.45) is 0 Å². The van der Waals surface area contributed by atoms with Crippen LogP contribution in [0.15, 0.2) is 47.4 Å². The number of sulfonamides is 1. The fraction of sp³-hybridized carbons (Fsp3) is 0.333. The van der Waals surface area contributed by atoms with Gasteiger partial charge in [-0.2, -0.15) is 8.99 Å². The molecule has 0 bridgehead atoms. The molecule has 1 aromatic heterocycles. The van der Waals surface area contributed by atoms with E-state index in [9.17, 15) is 17.6 Å². The van der Waals surface area contributed by atoms with E-state index in [0.29, 0.717) is 18.1 Å². The van der Waals surface area contributed by atoms with Crippen LogP contribution in [0.5, 0.6) is 0 Å². The maximum absolute atomic E-state index is 14.3. The van der Waals surface area contributed by atoms with Crippen LogP contribution in [0.2, 0.25) is 0 Å². The van der Waals surface area contributed by atoms with Crippen molar-refractivity contribution < 1.29 is 17.6 Å². The number of aryl methyl sites for hydroxylation is 1. The summed E-state index contributed by atoms with van der Waals surface area (Å²) in [5, 5.41) is 13.7. The smallest absolute Gasteiger partial charge is 0.255 e. The molecular formula is C21H23FN6O3S. The highest BCUT2D eigenvalue weighted by Gasteiger charge is 2.31. The third kappa shape index (κ3) is 4.26. The van der Waals surface area contributed by atoms with Gasteiger partial charge in [0.25, 0.3) is 5.91 Å². The number of benzene rings is 2. The number of hydrogen-bond acceptors (Lipinski definition) is 6. The van der Waals surface area contributed by atoms with Crippen molar-refractivity contribution in [1.29, 1.82) is 0 Å². The lowest BCUT2D eigenvalue weighted by Crippen LogP contribution is -2.41. The highest BCUT2D eigenvalue weighted by molar-refractivity contribution is 7.89. The van der Waals surface area contributed by atoms with Gasteiger partial charge >= 0.3 is 0 Å². The summed E-state index contributed by atoms with van der Waals surface area (Å²) in [6, 6.07) is 9.72. The van der Waals surface area contributed by atoms with Crippen molar-refractivity contribution in [2.75, 3.05) is 11.9 Å². The Morgan fingerprint density at radius 1 is 1.16 bits per heavy atom. The average Bonchev–Trinajstić information content (AvgIpc) is 3.21. The van der Waals surface area contributed by atoms with E-state index in [0.717, 1.165) is 19.3 Å². The van der Waals surface area contributed by atoms with Gasteiger partial charge in [0.2, 0.25) is 10.0 Å². The van der Waals surface area contributed by atoms with Gasteiger partial charge in [0.1, 0.15) is 5.82 Å². The minimum absolute atomic E-state index is 0.0405. The quantitative estimate of drug-likeness (QED) is 0.630. The Morgan fingerprint density at radius 3 is 2.56 bits per heavy atom. The van der Waals surface area contributed by atoms with Gasteiger partial charge in [-0.1, -0.05) is 6.42 Å². The molecule has 11 heteroatoms. The third-order valence-corrected chi connectivity index (χ3v) is 7.56. The minimum Gasteiger partial charge on any atom is -0.319 e. The molecule has 1 aliphatic heterocycles. The second-order valence-corrected chi connectivity index (χ2v) is 9.63. The van der Waals surface area contributed by atoms with Crippen molar-refractivity contribution in [3.8, 4) is 5.69 Å². The lowest BCUT2D eigenvalue weighted by molar-refractivity contribution is 0.102. The molecule has 2 heterocycles. The number of rotatable bonds is 5. The average molecular weight is 459 g/mol. The summed E-state index contributed by atoms with van der Waals surface area (Å²) in [5.41, 5.74) is 0.654. The normalized spacial score (nSPS) is 17.3. The van der Waals surface area contributed by atoms with Crippen LogP contribution in [0.4, 0.5) is 10.1 Å². The fourth-order valence-electron chi connectivity index (χ4n) is 3.75. The molecule has 0 aliphatic carbocycles. The summed E-state index contributed by atoms with van der Waals surface area (Å²) >= 11 is 0. The maximum atomic E-state index is 14.3. The largest absolute Gasteiger partial charge is 0.319 e. The molecule has 168 valence electrons. The first-order chi connectivity index (χ1) is 15.3. The van der Waals surface area contributed by atoms with E-state index >= 15 is 0 Å². The third-order valence-electron chi connectivity index (χ3n) is 5.53. The Bertz CT molecular complexity index is 1240. The van der Waals surface area contributed by atoms with E-state index < -0.39 is 21.7 Å². The van der Waals surface area contributed by atoms with Crippen molar-refractivity contribution in [1.82, 2.24) is 24.5 Å². The van der Waals surface area contributed by atoms with Crippen LogP contribution >= 0.6 is 0 Å². The van der Waals surface area contributed by atoms with Gasteiger partial charge in [-0.3, -0.25) is 4.79 Å². The summed E-state index contributed by atoms with van der Waals surface area (Å²) < 4.78 is 43.1. The van der Waals surface area contributed by atoms with E-state index in [4.69, 9.17) is 0 Å². The van der Waals surface area contributed by atoms with Crippen molar-refractivity contribution in [2.45, 2.75) is 44.0 Å². The molecule has 0 spiro atoms. The molecule has 1 aliphatic rings. The lowest BCUT2D eigenvalue weighted by Gasteiger charge is -2.32. The van der Waals surface area contributed by atoms with E-state index in [2.05, 4.69) is 20.8 Å². The van der Waals surface area contributed by atoms with E-state index in [-0.39, 0.29) is 22.2 Å². The Morgan fingerprint density at radius 2 is 1.91 bits per heavy atom. The Labute approximate surface area is 185 Å². The van der Waals surface area contributed by atoms with Gasteiger partial charge in [-0.05, 0) is 79.6 Å². The predicted octanol–water partition coefficient (Wildman–Crippen LogP) is 2.93. The highest BCUT2D eigenvalue weighted by atomic mass is 32.2. The number of hydrogen-bond donors (Lipinski definition) is 1. The molecule has 3 aromatic rings. The summed E-state index contributed by atoms with van der Waals surface area (Å²) in [6.07, 6.45) is 2.67. The van der Waals surface area contributed by atoms with Gasteiger partial charge in [0, 0.05) is 18.2 Å². The predicted molar refractivity (Wildman–Crippen MR) is 115 cm³/mol. The Kier molecular flexibility index (Phi) is 6.02. The van der Waals surface area contributed by atoms with Gasteiger partial charge < -0.3 is 5.32 Å². The summed E-state index contributed by atoms with van der Waals surface area (Å²) in [4.78, 5) is 12.8. The summed E-state index contributed by atoms with van der Waals surface area (Å²) in [6.45, 7) is 4.09. The molecule has 0 radical (unpaired) electrons. The molecule has 4 rings (SSSR count). The molecule has 32 heavy (non-hydrogen) atoms. The summed E-state index contributed by atoms with van der Waals surface area (Å²) in [7, 11) is -3.63. The molecule has 1 N–H and O–H groups in total. The molecule has 1 amide bonds. The number of halogens is 1. The monoisotopic (exact) mass is 458 g/mol. The van der Waals surface area contributed by atoms with Crippen LogP contribution in [0.1, 0.15) is 42.4 Å². The molecule has 0 saturated carbocycles. The zero-order valence-electron chi connectivity index (χ0n) is 17.7. The Hall–Kier alpha value is -3.18. The second kappa shape index (κ2) is 8.75. The number of anilines is 1. The molecule has 9 nitrogen and oxygen atoms in total. The van der Waals surface area contributed by atoms with Crippen LogP contribution in [0.3, 0.4) is 0 Å². The zero-order chi connectivity index (χ0) is 22.9. The number of nitrogens with zero attached hydrogens (tertiary/aromatic N) is 5. The van der Waals surface area contributed by atoms with E-state index in [1.807, 2.05) is 6.92 Å². The first-order valence-electron chi connectivity index (χ1n) is 10.3. The zero-order valence-corrected chi connectivity index (χ0v) is 18.5. The van der Waals surface area contributed by atoms with Gasteiger partial charge in [0.15, 0.2) is 5.82 Å². The first-order valence-corrected chi connectivity index (χ1v) is 11.7. The van der Waals surface area contributed by atoms with E-state index in [1.165, 1.54) is 51.5 Å². The molecule has 1 fully saturated rings. The van der Waals surface area contributed by atoms with Gasteiger partial charge in [0.05, 0.1) is 16.3 Å². The SMILES string of the molecule is Cc1nnnn1-c1ccc(F)c(NC(=O)c2ccc(S(=O)(=O)N3CCCCC3C)cc2)c1. The highest BCUT2D eigenvalue weighted by Crippen LogP contribution is 2.26. The van der Waals surface area contributed by atoms with Crippen molar-refractivity contribution in [3.63, 3.8) is 0 Å². The number of aromatic nitrogens is 4. The number of carbonyl (C=O) groups excluding carboxylic acids is 1. The Balaban J connectivity index is 1.53. The van der Waals surface area contributed by atoms with E-state index in [1.54, 1.807) is 6.92 Å². The van der Waals surface area contributed by atoms with Crippen LogP contribution in [0, 0.1) is 12.7 Å². The number of tetrazole rings is 1. The number of amides is 1. The molecule has 1 atom stereocenters.